The van der Waals surface area contributed by atoms with Gasteiger partial charge in [0.1, 0.15) is 22.1 Å². The van der Waals surface area contributed by atoms with E-state index in [1.54, 1.807) is 9.59 Å². The van der Waals surface area contributed by atoms with Gasteiger partial charge in [-0.1, -0.05) is 261 Å². The van der Waals surface area contributed by atoms with Crippen LogP contribution >= 0.6 is 0 Å². The number of nitrogens with zero attached hydrogens (tertiary/aromatic N) is 11. The maximum atomic E-state index is 6.46. The molecule has 5 aromatic heterocycles. The van der Waals surface area contributed by atoms with E-state index >= 15 is 0 Å². The highest BCUT2D eigenvalue weighted by atomic mass is 16.7. The van der Waals surface area contributed by atoms with Crippen LogP contribution in [0.25, 0.3) is 167 Å². The molecule has 1 saturated heterocycles. The number of hydrogen-bond acceptors (Lipinski definition) is 11. The van der Waals surface area contributed by atoms with Gasteiger partial charge in [0.2, 0.25) is 0 Å². The zero-order valence-electron chi connectivity index (χ0n) is 56.8. The van der Waals surface area contributed by atoms with Gasteiger partial charge >= 0.3 is 7.12 Å². The van der Waals surface area contributed by atoms with Crippen molar-refractivity contribution in [3.63, 3.8) is 0 Å². The van der Waals surface area contributed by atoms with E-state index in [2.05, 4.69) is 198 Å². The molecule has 0 unspecified atom stereocenters. The minimum absolute atomic E-state index is 0.444. The topological polar surface area (TPSA) is 144 Å². The average molecular weight is 1330 g/mol. The number of pyridine rings is 2. The van der Waals surface area contributed by atoms with Crippen molar-refractivity contribution < 1.29 is 9.31 Å². The fourth-order valence-electron chi connectivity index (χ4n) is 13.8. The fourth-order valence-corrected chi connectivity index (χ4v) is 13.8. The maximum Gasteiger partial charge on any atom is 0.494 e. The highest BCUT2D eigenvalue weighted by Gasteiger charge is 2.52. The van der Waals surface area contributed by atoms with Gasteiger partial charge in [-0.25, -0.2) is 24.9 Å². The molecule has 13 aromatic carbocycles. The van der Waals surface area contributed by atoms with E-state index in [1.165, 1.54) is 0 Å². The molecule has 0 spiro atoms. The second-order valence-electron chi connectivity index (χ2n) is 26.8. The number of para-hydroxylation sites is 2. The molecule has 19 rings (SSSR count). The first-order valence-electron chi connectivity index (χ1n) is 34.5. The van der Waals surface area contributed by atoms with Gasteiger partial charge in [0.15, 0.2) is 17.5 Å². The van der Waals surface area contributed by atoms with E-state index in [-0.39, 0.29) is 0 Å². The SMILES string of the molecule is CC1(C)OB(c2ccc3nc(-c4ccccc4)c4cc(-c5ccccc5)c5nn(-c6ccccc6)nc5c4c3c2)OC1(C)C.c1ccc(-c2nc(-c3ccccc3)nc(-c3ccc(-c4ccc5nc(-c6ccccc6)c6cc(-c7ccccc7)c7nn(-c8ccccc8)nc7c6c5c4)cc3)n2)cc1. The van der Waals surface area contributed by atoms with Crippen molar-refractivity contribution >= 4 is 78.0 Å². The van der Waals surface area contributed by atoms with Gasteiger partial charge in [0.05, 0.1) is 45.0 Å². The summed E-state index contributed by atoms with van der Waals surface area (Å²) in [4.78, 5) is 28.9. The molecule has 0 aliphatic carbocycles. The Bertz CT molecular complexity index is 6140. The molecule has 1 aliphatic rings. The molecule has 0 amide bonds. The van der Waals surface area contributed by atoms with E-state index in [0.717, 1.165) is 155 Å². The van der Waals surface area contributed by atoms with E-state index in [4.69, 9.17) is 54.6 Å². The quantitative estimate of drug-likeness (QED) is 0.0901. The highest BCUT2D eigenvalue weighted by Crippen LogP contribution is 2.45. The Kier molecular flexibility index (Phi) is 15.5. The van der Waals surface area contributed by atoms with Crippen molar-refractivity contribution in [1.82, 2.24) is 54.9 Å². The van der Waals surface area contributed by atoms with E-state index < -0.39 is 18.3 Å². The lowest BCUT2D eigenvalue weighted by atomic mass is 9.78. The van der Waals surface area contributed by atoms with E-state index in [9.17, 15) is 0 Å². The molecule has 0 radical (unpaired) electrons. The first kappa shape index (κ1) is 62.3. The van der Waals surface area contributed by atoms with Gasteiger partial charge in [-0.15, -0.1) is 20.4 Å². The zero-order valence-corrected chi connectivity index (χ0v) is 56.8. The molecule has 13 nitrogen and oxygen atoms in total. The van der Waals surface area contributed by atoms with Crippen molar-refractivity contribution in [3.05, 3.63) is 315 Å². The predicted molar refractivity (Wildman–Crippen MR) is 416 cm³/mol. The second kappa shape index (κ2) is 25.6. The van der Waals surface area contributed by atoms with Crippen LogP contribution in [0.4, 0.5) is 0 Å². The minimum Gasteiger partial charge on any atom is -0.399 e. The standard InChI is InChI=1S/C52H33N7.C37H31BN4O2/c1-6-16-35(17-7-1)42-33-44-46(49-48(42)57-59(58-49)41-24-14-5-15-25-41)43-32-40(30-31-45(43)53-47(44)36-18-8-2-9-19-36)34-26-28-39(29-27-34)52-55-50(37-20-10-3-11-21-37)54-51(56-52)38-22-12-4-13-23-38;1-36(2)37(3,4)44-38(43-36)26-20-21-31-29(22-26)32-30(33(39-31)25-16-10-6-11-17-25)23-28(24-14-8-5-9-15-24)34-35(32)41-42(40-34)27-18-12-7-13-19-27/h1-33H;5-23H,1-4H3. The number of hydrogen-bond donors (Lipinski definition) is 0. The second-order valence-corrected chi connectivity index (χ2v) is 26.8. The van der Waals surface area contributed by atoms with Gasteiger partial charge < -0.3 is 9.31 Å². The maximum absolute atomic E-state index is 6.46. The molecular weight excluding hydrogens is 1270 g/mol. The molecule has 1 fully saturated rings. The summed E-state index contributed by atoms with van der Waals surface area (Å²) in [7, 11) is -0.493. The molecule has 14 heteroatoms. The summed E-state index contributed by atoms with van der Waals surface area (Å²) in [5.74, 6) is 1.88. The van der Waals surface area contributed by atoms with Gasteiger partial charge in [0.25, 0.3) is 0 Å². The molecule has 0 N–H and O–H groups in total. The smallest absolute Gasteiger partial charge is 0.399 e. The lowest BCUT2D eigenvalue weighted by molar-refractivity contribution is 0.00578. The van der Waals surface area contributed by atoms with Crippen LogP contribution < -0.4 is 5.46 Å². The Labute approximate surface area is 594 Å². The van der Waals surface area contributed by atoms with Crippen molar-refractivity contribution in [2.45, 2.75) is 38.9 Å². The van der Waals surface area contributed by atoms with Crippen LogP contribution in [0.1, 0.15) is 27.7 Å². The van der Waals surface area contributed by atoms with Crippen molar-refractivity contribution in [3.8, 4) is 101 Å². The Hall–Kier alpha value is -13.0. The number of benzene rings is 13. The first-order valence-corrected chi connectivity index (χ1v) is 34.5. The van der Waals surface area contributed by atoms with Crippen LogP contribution in [0.2, 0.25) is 0 Å². The van der Waals surface area contributed by atoms with Gasteiger partial charge in [0, 0.05) is 71.3 Å². The summed E-state index contributed by atoms with van der Waals surface area (Å²) < 4.78 is 12.9. The van der Waals surface area contributed by atoms with Crippen LogP contribution in [0.5, 0.6) is 0 Å². The van der Waals surface area contributed by atoms with Gasteiger partial charge in [-0.3, -0.25) is 0 Å². The minimum atomic E-state index is -0.493. The van der Waals surface area contributed by atoms with Crippen LogP contribution in [-0.2, 0) is 9.31 Å². The van der Waals surface area contributed by atoms with Crippen LogP contribution in [0.15, 0.2) is 315 Å². The summed E-state index contributed by atoms with van der Waals surface area (Å²) in [5.41, 5.74) is 19.8. The molecule has 0 saturated carbocycles. The third kappa shape index (κ3) is 11.5. The summed E-state index contributed by atoms with van der Waals surface area (Å²) in [5, 5.41) is 26.7. The summed E-state index contributed by atoms with van der Waals surface area (Å²) in [6, 6.07) is 107. The molecule has 490 valence electrons. The largest absolute Gasteiger partial charge is 0.494 e. The van der Waals surface area contributed by atoms with Crippen molar-refractivity contribution in [2.75, 3.05) is 0 Å². The lowest BCUT2D eigenvalue weighted by Crippen LogP contribution is -2.41. The monoisotopic (exact) mass is 1330 g/mol. The summed E-state index contributed by atoms with van der Waals surface area (Å²) >= 11 is 0. The number of fused-ring (bicyclic) bond motifs is 10. The third-order valence-electron chi connectivity index (χ3n) is 19.8. The Morgan fingerprint density at radius 1 is 0.272 bits per heavy atom. The van der Waals surface area contributed by atoms with Crippen LogP contribution in [0.3, 0.4) is 0 Å². The lowest BCUT2D eigenvalue weighted by Gasteiger charge is -2.32. The predicted octanol–water partition coefficient (Wildman–Crippen LogP) is 20.1. The summed E-state index contributed by atoms with van der Waals surface area (Å²) in [6.07, 6.45) is 0. The molecule has 103 heavy (non-hydrogen) atoms. The van der Waals surface area contributed by atoms with Crippen molar-refractivity contribution in [2.24, 2.45) is 0 Å². The normalized spacial score (nSPS) is 13.3. The first-order chi connectivity index (χ1) is 50.5. The molecule has 6 heterocycles. The molecule has 0 atom stereocenters. The molecular formula is C89H64BN11O2. The van der Waals surface area contributed by atoms with Crippen molar-refractivity contribution in [1.29, 1.82) is 0 Å². The van der Waals surface area contributed by atoms with E-state index in [0.29, 0.717) is 17.5 Å². The number of aromatic nitrogens is 11. The Balaban J connectivity index is 0.000000154. The van der Waals surface area contributed by atoms with Gasteiger partial charge in [-0.05, 0) is 110 Å². The number of rotatable bonds is 11. The third-order valence-corrected chi connectivity index (χ3v) is 19.8. The fraction of sp³-hybridized carbons (Fsp3) is 0.0674. The molecule has 1 aliphatic heterocycles. The Morgan fingerprint density at radius 3 is 1.00 bits per heavy atom. The van der Waals surface area contributed by atoms with Crippen LogP contribution in [-0.4, -0.2) is 73.2 Å². The molecule has 0 bridgehead atoms. The summed E-state index contributed by atoms with van der Waals surface area (Å²) in [6.45, 7) is 8.31. The average Bonchev–Trinajstić information content (AvgIpc) is 1.71. The van der Waals surface area contributed by atoms with Crippen LogP contribution in [0, 0.1) is 0 Å². The zero-order chi connectivity index (χ0) is 69.2. The Morgan fingerprint density at radius 2 is 0.592 bits per heavy atom. The highest BCUT2D eigenvalue weighted by molar-refractivity contribution is 6.62. The molecule has 18 aromatic rings. The van der Waals surface area contributed by atoms with E-state index in [1.807, 2.05) is 146 Å². The van der Waals surface area contributed by atoms with Gasteiger partial charge in [-0.2, -0.15) is 9.59 Å².